The first kappa shape index (κ1) is 27.7. The van der Waals surface area contributed by atoms with Crippen LogP contribution in [0.3, 0.4) is 0 Å². The molecule has 0 bridgehead atoms. The van der Waals surface area contributed by atoms with Gasteiger partial charge in [0.2, 0.25) is 5.92 Å². The lowest BCUT2D eigenvalue weighted by Crippen LogP contribution is -2.52. The van der Waals surface area contributed by atoms with Crippen LogP contribution < -0.4 is 14.8 Å². The number of methoxy groups -OCH3 is 2. The molecule has 1 heterocycles. The number of rotatable bonds is 9. The van der Waals surface area contributed by atoms with Crippen molar-refractivity contribution in [3.8, 4) is 11.5 Å². The van der Waals surface area contributed by atoms with Crippen LogP contribution in [-0.4, -0.2) is 43.3 Å². The molecule has 0 aliphatic heterocycles. The zero-order valence-corrected chi connectivity index (χ0v) is 20.6. The van der Waals surface area contributed by atoms with Crippen molar-refractivity contribution < 1.29 is 44.9 Å². The molecule has 0 saturated heterocycles. The highest BCUT2D eigenvalue weighted by Crippen LogP contribution is 2.52. The van der Waals surface area contributed by atoms with Crippen LogP contribution in [0.15, 0.2) is 24.3 Å². The smallest absolute Gasteiger partial charge is 0.419 e. The maximum Gasteiger partial charge on any atom is 0.419 e. The number of nitrogens with zero attached hydrogens (tertiary/aromatic N) is 2. The number of halogens is 7. The van der Waals surface area contributed by atoms with E-state index in [1.165, 1.54) is 26.4 Å². The van der Waals surface area contributed by atoms with Gasteiger partial charge in [0, 0.05) is 48.9 Å². The fourth-order valence-electron chi connectivity index (χ4n) is 4.65. The van der Waals surface area contributed by atoms with Gasteiger partial charge in [-0.05, 0) is 25.1 Å². The largest absolute Gasteiger partial charge is 0.493 e. The topological polar surface area (TPSA) is 65.5 Å². The summed E-state index contributed by atoms with van der Waals surface area (Å²) in [5, 5.41) is 3.07. The molecule has 206 valence electrons. The maximum absolute atomic E-state index is 14.5. The number of nitrogens with one attached hydrogen (secondary N) is 1. The van der Waals surface area contributed by atoms with Gasteiger partial charge in [-0.15, -0.1) is 0 Å². The van der Waals surface area contributed by atoms with Crippen molar-refractivity contribution in [2.75, 3.05) is 32.8 Å². The zero-order chi connectivity index (χ0) is 27.9. The Morgan fingerprint density at radius 3 is 2.29 bits per heavy atom. The van der Waals surface area contributed by atoms with Gasteiger partial charge in [0.1, 0.15) is 23.3 Å². The fourth-order valence-corrected chi connectivity index (χ4v) is 4.65. The van der Waals surface area contributed by atoms with E-state index in [0.717, 1.165) is 0 Å². The quantitative estimate of drug-likeness (QED) is 0.318. The van der Waals surface area contributed by atoms with Gasteiger partial charge in [-0.3, -0.25) is 0 Å². The molecule has 2 aromatic carbocycles. The highest BCUT2D eigenvalue weighted by Gasteiger charge is 2.57. The van der Waals surface area contributed by atoms with Gasteiger partial charge in [-0.25, -0.2) is 27.5 Å². The van der Waals surface area contributed by atoms with E-state index in [1.54, 1.807) is 6.92 Å². The number of ether oxygens (including phenoxy) is 3. The zero-order valence-electron chi connectivity index (χ0n) is 20.6. The number of hydrogen-bond donors (Lipinski definition) is 1. The van der Waals surface area contributed by atoms with Crippen LogP contribution in [0.2, 0.25) is 0 Å². The van der Waals surface area contributed by atoms with E-state index < -0.39 is 59.7 Å². The molecule has 0 radical (unpaired) electrons. The van der Waals surface area contributed by atoms with Gasteiger partial charge < -0.3 is 19.5 Å². The Labute approximate surface area is 213 Å². The summed E-state index contributed by atoms with van der Waals surface area (Å²) in [5.41, 5.74) is -2.81. The van der Waals surface area contributed by atoms with Gasteiger partial charge >= 0.3 is 6.18 Å². The molecule has 0 unspecified atom stereocenters. The Morgan fingerprint density at radius 2 is 1.68 bits per heavy atom. The predicted octanol–water partition coefficient (Wildman–Crippen LogP) is 6.30. The van der Waals surface area contributed by atoms with E-state index >= 15 is 0 Å². The van der Waals surface area contributed by atoms with Crippen molar-refractivity contribution >= 4 is 16.7 Å². The predicted molar refractivity (Wildman–Crippen MR) is 123 cm³/mol. The van der Waals surface area contributed by atoms with Gasteiger partial charge in [-0.1, -0.05) is 0 Å². The van der Waals surface area contributed by atoms with E-state index in [2.05, 4.69) is 15.3 Å². The Kier molecular flexibility index (Phi) is 7.34. The minimum absolute atomic E-state index is 0.0622. The Balaban J connectivity index is 1.65. The van der Waals surface area contributed by atoms with Crippen molar-refractivity contribution in [3.63, 3.8) is 0 Å². The molecule has 38 heavy (non-hydrogen) atoms. The highest BCUT2D eigenvalue weighted by atomic mass is 19.4. The summed E-state index contributed by atoms with van der Waals surface area (Å²) in [7, 11) is 2.79. The summed E-state index contributed by atoms with van der Waals surface area (Å²) in [6.45, 7) is 1.01. The summed E-state index contributed by atoms with van der Waals surface area (Å²) < 4.78 is 111. The summed E-state index contributed by atoms with van der Waals surface area (Å²) >= 11 is 0. The number of aryl methyl sites for hydroxylation is 1. The van der Waals surface area contributed by atoms with E-state index in [4.69, 9.17) is 14.2 Å². The van der Waals surface area contributed by atoms with Gasteiger partial charge in [0.05, 0.1) is 31.4 Å². The average Bonchev–Trinajstić information content (AvgIpc) is 2.80. The summed E-state index contributed by atoms with van der Waals surface area (Å²) in [5.74, 6) is -4.83. The molecular weight excluding hydrogens is 523 g/mol. The molecule has 3 aromatic rings. The lowest BCUT2D eigenvalue weighted by atomic mass is 9.67. The van der Waals surface area contributed by atoms with Crippen molar-refractivity contribution in [3.05, 3.63) is 52.9 Å². The molecular formula is C25H24F7N3O3. The van der Waals surface area contributed by atoms with Crippen molar-refractivity contribution in [1.29, 1.82) is 0 Å². The first-order valence-electron chi connectivity index (χ1n) is 11.4. The van der Waals surface area contributed by atoms with Crippen LogP contribution >= 0.6 is 0 Å². The van der Waals surface area contributed by atoms with Crippen LogP contribution in [0.4, 0.5) is 36.6 Å². The summed E-state index contributed by atoms with van der Waals surface area (Å²) in [6.07, 6.45) is -5.89. The van der Waals surface area contributed by atoms with E-state index in [9.17, 15) is 30.7 Å². The molecule has 6 nitrogen and oxygen atoms in total. The highest BCUT2D eigenvalue weighted by molar-refractivity contribution is 5.91. The van der Waals surface area contributed by atoms with E-state index in [1.807, 2.05) is 0 Å². The van der Waals surface area contributed by atoms with E-state index in [0.29, 0.717) is 17.0 Å². The maximum atomic E-state index is 14.5. The van der Waals surface area contributed by atoms with Gasteiger partial charge in [0.15, 0.2) is 11.5 Å². The first-order valence-corrected chi connectivity index (χ1v) is 11.4. The van der Waals surface area contributed by atoms with Crippen molar-refractivity contribution in [1.82, 2.24) is 9.97 Å². The molecule has 4 rings (SSSR count). The van der Waals surface area contributed by atoms with Crippen LogP contribution in [0.5, 0.6) is 11.5 Å². The third-order valence-electron chi connectivity index (χ3n) is 6.21. The summed E-state index contributed by atoms with van der Waals surface area (Å²) in [4.78, 5) is 8.56. The Bertz CT molecular complexity index is 1340. The van der Waals surface area contributed by atoms with Crippen molar-refractivity contribution in [2.24, 2.45) is 5.41 Å². The second-order valence-corrected chi connectivity index (χ2v) is 9.35. The molecule has 0 spiro atoms. The lowest BCUT2D eigenvalue weighted by molar-refractivity contribution is -0.190. The molecule has 1 saturated carbocycles. The number of anilines is 1. The molecule has 0 atom stereocenters. The van der Waals surface area contributed by atoms with Crippen LogP contribution in [0.1, 0.15) is 29.8 Å². The summed E-state index contributed by atoms with van der Waals surface area (Å²) in [6, 6.07) is 3.76. The minimum Gasteiger partial charge on any atom is -0.493 e. The van der Waals surface area contributed by atoms with Crippen LogP contribution in [-0.2, 0) is 17.5 Å². The molecule has 1 N–H and O–H groups in total. The molecule has 1 fully saturated rings. The monoisotopic (exact) mass is 547 g/mol. The standard InChI is InChI=1S/C25H24F7N3O3/c1-13-34-18-7-19(37-3)20(38-12-23(11-36-2)9-24(28,29)10-23)6-16(18)22(35-13)33-8-14-4-15(26)5-17(21(14)27)25(30,31)32/h4-7H,8-12H2,1-3H3,(H,33,34,35). The second-order valence-electron chi connectivity index (χ2n) is 9.35. The van der Waals surface area contributed by atoms with E-state index in [-0.39, 0.29) is 42.4 Å². The fraction of sp³-hybridized carbons (Fsp3) is 0.440. The van der Waals surface area contributed by atoms with Gasteiger partial charge in [-0.2, -0.15) is 13.2 Å². The number of hydrogen-bond acceptors (Lipinski definition) is 6. The molecule has 0 amide bonds. The Hall–Kier alpha value is -3.35. The third kappa shape index (κ3) is 5.71. The van der Waals surface area contributed by atoms with Crippen LogP contribution in [0, 0.1) is 24.0 Å². The number of aromatic nitrogens is 2. The minimum atomic E-state index is -5.08. The van der Waals surface area contributed by atoms with Crippen molar-refractivity contribution in [2.45, 2.75) is 38.4 Å². The molecule has 1 aromatic heterocycles. The molecule has 1 aliphatic carbocycles. The van der Waals surface area contributed by atoms with Crippen LogP contribution in [0.25, 0.3) is 10.9 Å². The molecule has 1 aliphatic rings. The number of fused-ring (bicyclic) bond motifs is 1. The Morgan fingerprint density at radius 1 is 0.974 bits per heavy atom. The third-order valence-corrected chi connectivity index (χ3v) is 6.21. The number of benzene rings is 2. The molecule has 13 heteroatoms. The first-order chi connectivity index (χ1) is 17.8. The second kappa shape index (κ2) is 10.1. The normalized spacial score (nSPS) is 16.3. The lowest BCUT2D eigenvalue weighted by Gasteiger charge is -2.46. The number of alkyl halides is 5. The SMILES string of the molecule is COCC1(COc2cc3c(NCc4cc(F)cc(C(F)(F)F)c4F)nc(C)nc3cc2OC)CC(F)(F)C1. The van der Waals surface area contributed by atoms with Gasteiger partial charge in [0.25, 0.3) is 0 Å². The average molecular weight is 547 g/mol.